The van der Waals surface area contributed by atoms with E-state index in [9.17, 15) is 4.79 Å². The molecule has 1 aromatic heterocycles. The first-order valence-electron chi connectivity index (χ1n) is 13.7. The molecule has 2 aromatic rings. The van der Waals surface area contributed by atoms with Gasteiger partial charge in [0.2, 0.25) is 0 Å². The Morgan fingerprint density at radius 3 is 2.10 bits per heavy atom. The van der Waals surface area contributed by atoms with Gasteiger partial charge in [-0.05, 0) is 55.0 Å². The summed E-state index contributed by atoms with van der Waals surface area (Å²) in [4.78, 5) is 17.7. The number of rotatable bonds is 11. The van der Waals surface area contributed by atoms with Crippen molar-refractivity contribution in [3.8, 4) is 0 Å². The second-order valence-electron chi connectivity index (χ2n) is 8.99. The summed E-state index contributed by atoms with van der Waals surface area (Å²) >= 11 is 0. The molecular formula is C34H51KN4O-2. The number of anilines is 1. The molecule has 0 saturated carbocycles. The van der Waals surface area contributed by atoms with Crippen LogP contribution in [0.2, 0.25) is 0 Å². The summed E-state index contributed by atoms with van der Waals surface area (Å²) in [6.07, 6.45) is 14.7. The Hall–Kier alpha value is -1.83. The maximum absolute atomic E-state index is 11.8. The molecule has 0 fully saturated rings. The number of nitrogens with zero attached hydrogens (tertiary/aromatic N) is 3. The molecule has 216 valence electrons. The van der Waals surface area contributed by atoms with E-state index in [4.69, 9.17) is 11.1 Å². The molecule has 1 aromatic carbocycles. The molecule has 0 unspecified atom stereocenters. The van der Waals surface area contributed by atoms with Crippen LogP contribution in [0.4, 0.5) is 5.69 Å². The van der Waals surface area contributed by atoms with Crippen LogP contribution in [0.1, 0.15) is 99.8 Å². The Morgan fingerprint density at radius 2 is 1.68 bits per heavy atom. The summed E-state index contributed by atoms with van der Waals surface area (Å²) in [6, 6.07) is 9.99. The van der Waals surface area contributed by atoms with Crippen molar-refractivity contribution in [1.29, 1.82) is 0 Å². The fourth-order valence-corrected chi connectivity index (χ4v) is 3.92. The van der Waals surface area contributed by atoms with E-state index in [1.807, 2.05) is 45.9 Å². The van der Waals surface area contributed by atoms with Crippen molar-refractivity contribution in [2.75, 3.05) is 19.8 Å². The Morgan fingerprint density at radius 1 is 1.12 bits per heavy atom. The number of amides is 1. The Bertz CT molecular complexity index is 1050. The predicted octanol–water partition coefficient (Wildman–Crippen LogP) is 5.87. The standard InChI is InChI=1S/C16H25NO.C15H17N3.C2H6.CH3.K/c1-5-7-13(8-6-2)14-9-11-15(12-10-14)16(18)17(3)4;1-4-5-6-11(2)14(7-8-16)15-12(3)9-13(17)10-18-15;1-2;;/h9-13H,5-8H2,1-4H3;6-10H,2,4,17H2,1,3H3;1-2H3;1H3;/q;-2;;-1;+1/b;14-7+;;;. The van der Waals surface area contributed by atoms with Crippen molar-refractivity contribution in [2.24, 2.45) is 0 Å². The molecule has 0 spiro atoms. The predicted molar refractivity (Wildman–Crippen MR) is 173 cm³/mol. The minimum Gasteiger partial charge on any atom is -0.811 e. The number of aromatic nitrogens is 1. The number of allylic oxidation sites excluding steroid dienone is 5. The minimum absolute atomic E-state index is 0. The van der Waals surface area contributed by atoms with Gasteiger partial charge in [0.25, 0.3) is 5.91 Å². The number of pyridine rings is 1. The van der Waals surface area contributed by atoms with Gasteiger partial charge in [-0.1, -0.05) is 71.2 Å². The minimum atomic E-state index is 0. The van der Waals surface area contributed by atoms with Gasteiger partial charge >= 0.3 is 51.4 Å². The van der Waals surface area contributed by atoms with E-state index in [-0.39, 0.29) is 64.7 Å². The third kappa shape index (κ3) is 15.2. The average molecular weight is 571 g/mol. The van der Waals surface area contributed by atoms with Gasteiger partial charge in [-0.25, -0.2) is 6.08 Å². The van der Waals surface area contributed by atoms with E-state index in [1.54, 1.807) is 37.3 Å². The smallest absolute Gasteiger partial charge is 0.811 e. The van der Waals surface area contributed by atoms with Crippen LogP contribution in [-0.4, -0.2) is 36.1 Å². The van der Waals surface area contributed by atoms with Gasteiger partial charge in [0, 0.05) is 19.7 Å². The zero-order chi connectivity index (χ0) is 29.1. The van der Waals surface area contributed by atoms with Crippen LogP contribution in [0.25, 0.3) is 11.0 Å². The molecule has 40 heavy (non-hydrogen) atoms. The number of carbonyl (C=O) groups is 1. The van der Waals surface area contributed by atoms with Crippen molar-refractivity contribution < 1.29 is 56.2 Å². The van der Waals surface area contributed by atoms with E-state index in [0.29, 0.717) is 11.6 Å². The third-order valence-corrected chi connectivity index (χ3v) is 5.73. The fraction of sp³-hybridized carbons (Fsp3) is 0.412. The number of aryl methyl sites for hydroxylation is 1. The number of nitrogens with two attached hydrogens (primary N) is 1. The molecule has 0 aliphatic rings. The van der Waals surface area contributed by atoms with Crippen LogP contribution in [0.15, 0.2) is 60.8 Å². The number of hydrogen-bond acceptors (Lipinski definition) is 3. The Balaban J connectivity index is -0.000000615. The second kappa shape index (κ2) is 24.9. The van der Waals surface area contributed by atoms with E-state index < -0.39 is 0 Å². The fourth-order valence-electron chi connectivity index (χ4n) is 3.92. The normalized spacial score (nSPS) is 10.3. The van der Waals surface area contributed by atoms with Crippen LogP contribution in [0.3, 0.4) is 0 Å². The largest absolute Gasteiger partial charge is 1.00 e. The van der Waals surface area contributed by atoms with E-state index in [0.717, 1.165) is 40.6 Å². The summed E-state index contributed by atoms with van der Waals surface area (Å²) in [5, 5.41) is 8.99. The maximum atomic E-state index is 11.8. The summed E-state index contributed by atoms with van der Waals surface area (Å²) in [5.74, 6) is 0.715. The summed E-state index contributed by atoms with van der Waals surface area (Å²) in [5.41, 5.74) is 11.6. The van der Waals surface area contributed by atoms with Gasteiger partial charge < -0.3 is 23.5 Å². The quantitative estimate of drug-likeness (QED) is 0.159. The molecule has 0 aliphatic carbocycles. The molecule has 2 N–H and O–H groups in total. The van der Waals surface area contributed by atoms with Crippen LogP contribution in [0, 0.1) is 20.4 Å². The number of nitrogen functional groups attached to an aromatic ring is 1. The van der Waals surface area contributed by atoms with Crippen molar-refractivity contribution in [3.63, 3.8) is 0 Å². The number of benzene rings is 1. The van der Waals surface area contributed by atoms with Gasteiger partial charge in [-0.3, -0.25) is 15.9 Å². The molecule has 1 amide bonds. The second-order valence-corrected chi connectivity index (χ2v) is 8.99. The molecule has 6 heteroatoms. The summed E-state index contributed by atoms with van der Waals surface area (Å²) in [6.45, 7) is 16.3. The third-order valence-electron chi connectivity index (χ3n) is 5.73. The molecule has 5 nitrogen and oxygen atoms in total. The maximum Gasteiger partial charge on any atom is 1.00 e. The van der Waals surface area contributed by atoms with Gasteiger partial charge in [0.05, 0.1) is 17.6 Å². The van der Waals surface area contributed by atoms with Gasteiger partial charge in [-0.15, -0.1) is 6.42 Å². The van der Waals surface area contributed by atoms with Crippen molar-refractivity contribution in [2.45, 2.75) is 79.6 Å². The van der Waals surface area contributed by atoms with Gasteiger partial charge in [-0.2, -0.15) is 18.4 Å². The van der Waals surface area contributed by atoms with Crippen LogP contribution < -0.4 is 57.1 Å². The SMILES string of the molecule is C=C(C=[C-]CC)/C(=C\C=[N-])c1ncc(N)cc1C.CC.CCCC(CCC)c1ccc(C(=O)N(C)C)cc1.[CH3-].[K+]. The van der Waals surface area contributed by atoms with Crippen molar-refractivity contribution in [1.82, 2.24) is 9.88 Å². The van der Waals surface area contributed by atoms with Gasteiger partial charge in [0.1, 0.15) is 0 Å². The topological polar surface area (TPSA) is 81.5 Å². The van der Waals surface area contributed by atoms with Crippen LogP contribution in [0.5, 0.6) is 0 Å². The molecular weight excluding hydrogens is 519 g/mol. The molecule has 0 bridgehead atoms. The molecule has 0 aliphatic heterocycles. The van der Waals surface area contributed by atoms with Crippen LogP contribution >= 0.6 is 0 Å². The first-order chi connectivity index (χ1) is 18.2. The summed E-state index contributed by atoms with van der Waals surface area (Å²) in [7, 11) is 3.57. The van der Waals surface area contributed by atoms with Crippen molar-refractivity contribution >= 4 is 23.4 Å². The first kappa shape index (κ1) is 42.6. The zero-order valence-corrected chi connectivity index (χ0v) is 30.0. The number of hydrogen-bond donors (Lipinski definition) is 1. The molecule has 1 heterocycles. The summed E-state index contributed by atoms with van der Waals surface area (Å²) < 4.78 is 0. The van der Waals surface area contributed by atoms with Gasteiger partial charge in [0.15, 0.2) is 0 Å². The van der Waals surface area contributed by atoms with E-state index in [1.165, 1.54) is 31.2 Å². The Labute approximate surface area is 288 Å². The van der Waals surface area contributed by atoms with E-state index in [2.05, 4.69) is 43.6 Å². The first-order valence-corrected chi connectivity index (χ1v) is 13.7. The zero-order valence-electron chi connectivity index (χ0n) is 26.8. The molecule has 0 saturated heterocycles. The molecule has 0 radical (unpaired) electrons. The Kier molecular flexibility index (Phi) is 26.6. The monoisotopic (exact) mass is 570 g/mol. The number of carbonyl (C=O) groups excluding carboxylic acids is 1. The molecule has 2 rings (SSSR count). The van der Waals surface area contributed by atoms with E-state index >= 15 is 0 Å². The van der Waals surface area contributed by atoms with Crippen LogP contribution in [-0.2, 0) is 0 Å². The molecule has 0 atom stereocenters. The van der Waals surface area contributed by atoms with Crippen molar-refractivity contribution in [3.05, 3.63) is 102 Å². The average Bonchev–Trinajstić information content (AvgIpc) is 2.92.